The summed E-state index contributed by atoms with van der Waals surface area (Å²) in [5, 5.41) is 24.0. The molecule has 0 radical (unpaired) electrons. The topological polar surface area (TPSA) is 122 Å². The van der Waals surface area contributed by atoms with Gasteiger partial charge in [-0.25, -0.2) is 0 Å². The Bertz CT molecular complexity index is 860. The normalized spacial score (nSPS) is 12.0. The SMILES string of the molecule is CC(=NNS(=O)(=O)c1ccc([N+](=O)[O-])cc1)c1ccccc1O. The molecule has 2 aromatic carbocycles. The van der Waals surface area contributed by atoms with Gasteiger partial charge in [-0.1, -0.05) is 12.1 Å². The van der Waals surface area contributed by atoms with Crippen LogP contribution in [0.5, 0.6) is 5.75 Å². The molecular formula is C14H13N3O5S. The third-order valence-corrected chi connectivity index (χ3v) is 4.21. The van der Waals surface area contributed by atoms with Gasteiger partial charge in [0.05, 0.1) is 15.5 Å². The van der Waals surface area contributed by atoms with Crippen LogP contribution in [-0.2, 0) is 10.0 Å². The predicted molar refractivity (Wildman–Crippen MR) is 83.7 cm³/mol. The molecule has 0 aromatic heterocycles. The predicted octanol–water partition coefficient (Wildman–Crippen LogP) is 2.00. The first-order valence-corrected chi connectivity index (χ1v) is 7.88. The number of nitro benzene ring substituents is 1. The molecule has 0 heterocycles. The Morgan fingerprint density at radius 2 is 1.78 bits per heavy atom. The summed E-state index contributed by atoms with van der Waals surface area (Å²) in [5.41, 5.74) is 0.449. The van der Waals surface area contributed by atoms with E-state index in [2.05, 4.69) is 5.10 Å². The summed E-state index contributed by atoms with van der Waals surface area (Å²) >= 11 is 0. The van der Waals surface area contributed by atoms with Crippen molar-refractivity contribution in [3.05, 3.63) is 64.2 Å². The lowest BCUT2D eigenvalue weighted by Crippen LogP contribution is -2.20. The van der Waals surface area contributed by atoms with Crippen molar-refractivity contribution in [2.75, 3.05) is 0 Å². The molecule has 8 nitrogen and oxygen atoms in total. The number of phenolic OH excluding ortho intramolecular Hbond substituents is 1. The fraction of sp³-hybridized carbons (Fsp3) is 0.0714. The van der Waals surface area contributed by atoms with Gasteiger partial charge in [0.2, 0.25) is 0 Å². The summed E-state index contributed by atoms with van der Waals surface area (Å²) < 4.78 is 24.2. The number of hydrogen-bond acceptors (Lipinski definition) is 6. The largest absolute Gasteiger partial charge is 0.507 e. The van der Waals surface area contributed by atoms with Crippen LogP contribution >= 0.6 is 0 Å². The standard InChI is InChI=1S/C14H13N3O5S/c1-10(13-4-2-3-5-14(13)18)15-16-23(21,22)12-8-6-11(7-9-12)17(19)20/h2-9,16,18H,1H3. The number of nitrogens with zero attached hydrogens (tertiary/aromatic N) is 2. The van der Waals surface area contributed by atoms with Crippen LogP contribution in [-0.4, -0.2) is 24.2 Å². The van der Waals surface area contributed by atoms with Gasteiger partial charge in [0.25, 0.3) is 15.7 Å². The van der Waals surface area contributed by atoms with Crippen molar-refractivity contribution in [3.63, 3.8) is 0 Å². The molecule has 2 aromatic rings. The minimum Gasteiger partial charge on any atom is -0.507 e. The molecule has 0 saturated carbocycles. The fourth-order valence-corrected chi connectivity index (χ4v) is 2.62. The van der Waals surface area contributed by atoms with Gasteiger partial charge in [0.1, 0.15) is 5.75 Å². The summed E-state index contributed by atoms with van der Waals surface area (Å²) in [5.74, 6) is -0.0247. The molecule has 2 N–H and O–H groups in total. The Morgan fingerprint density at radius 1 is 1.17 bits per heavy atom. The smallest absolute Gasteiger partial charge is 0.276 e. The van der Waals surface area contributed by atoms with Gasteiger partial charge in [0.15, 0.2) is 0 Å². The maximum Gasteiger partial charge on any atom is 0.276 e. The molecule has 9 heteroatoms. The quantitative estimate of drug-likeness (QED) is 0.491. The Hall–Kier alpha value is -2.94. The molecule has 0 amide bonds. The third-order valence-electron chi connectivity index (χ3n) is 2.99. The molecule has 0 spiro atoms. The number of hydrazone groups is 1. The van der Waals surface area contributed by atoms with E-state index in [0.29, 0.717) is 5.56 Å². The van der Waals surface area contributed by atoms with Gasteiger partial charge in [0, 0.05) is 17.7 Å². The molecular weight excluding hydrogens is 322 g/mol. The van der Waals surface area contributed by atoms with E-state index in [9.17, 15) is 23.6 Å². The van der Waals surface area contributed by atoms with Crippen LogP contribution in [0.15, 0.2) is 58.5 Å². The van der Waals surface area contributed by atoms with Crippen molar-refractivity contribution in [1.29, 1.82) is 0 Å². The summed E-state index contributed by atoms with van der Waals surface area (Å²) in [4.78, 5) is 11.8. The Labute approximate surface area is 132 Å². The van der Waals surface area contributed by atoms with Gasteiger partial charge in [-0.15, -0.1) is 0 Å². The second-order valence-electron chi connectivity index (χ2n) is 4.56. The minimum absolute atomic E-state index is 0.0247. The molecule has 0 unspecified atom stereocenters. The highest BCUT2D eigenvalue weighted by atomic mass is 32.2. The summed E-state index contributed by atoms with van der Waals surface area (Å²) in [6.45, 7) is 1.54. The van der Waals surface area contributed by atoms with E-state index in [1.165, 1.54) is 13.0 Å². The maximum atomic E-state index is 12.1. The maximum absolute atomic E-state index is 12.1. The van der Waals surface area contributed by atoms with E-state index >= 15 is 0 Å². The lowest BCUT2D eigenvalue weighted by molar-refractivity contribution is -0.384. The van der Waals surface area contributed by atoms with Crippen LogP contribution in [0, 0.1) is 10.1 Å². The van der Waals surface area contributed by atoms with E-state index < -0.39 is 14.9 Å². The van der Waals surface area contributed by atoms with Crippen molar-refractivity contribution in [2.24, 2.45) is 5.10 Å². The average molecular weight is 335 g/mol. The van der Waals surface area contributed by atoms with E-state index in [-0.39, 0.29) is 22.0 Å². The molecule has 0 aliphatic rings. The summed E-state index contributed by atoms with van der Waals surface area (Å²) in [6, 6.07) is 10.8. The van der Waals surface area contributed by atoms with E-state index in [1.54, 1.807) is 18.2 Å². The van der Waals surface area contributed by atoms with Crippen LogP contribution in [0.4, 0.5) is 5.69 Å². The van der Waals surface area contributed by atoms with Crippen LogP contribution in [0.3, 0.4) is 0 Å². The average Bonchev–Trinajstić information content (AvgIpc) is 2.53. The summed E-state index contributed by atoms with van der Waals surface area (Å²) in [7, 11) is -3.96. The van der Waals surface area contributed by atoms with Gasteiger partial charge < -0.3 is 5.11 Å². The van der Waals surface area contributed by atoms with Crippen molar-refractivity contribution in [3.8, 4) is 5.75 Å². The van der Waals surface area contributed by atoms with Crippen molar-refractivity contribution >= 4 is 21.4 Å². The first-order valence-electron chi connectivity index (χ1n) is 6.40. The number of sulfonamides is 1. The second-order valence-corrected chi connectivity index (χ2v) is 6.22. The first-order chi connectivity index (χ1) is 10.8. The second kappa shape index (κ2) is 6.44. The third kappa shape index (κ3) is 3.83. The number of aromatic hydroxyl groups is 1. The highest BCUT2D eigenvalue weighted by Gasteiger charge is 2.15. The van der Waals surface area contributed by atoms with Crippen molar-refractivity contribution < 1.29 is 18.4 Å². The first kappa shape index (κ1) is 16.4. The zero-order valence-electron chi connectivity index (χ0n) is 12.0. The van der Waals surface area contributed by atoms with E-state index in [1.807, 2.05) is 4.83 Å². The number of hydrogen-bond donors (Lipinski definition) is 2. The molecule has 0 aliphatic carbocycles. The molecule has 0 bridgehead atoms. The zero-order chi connectivity index (χ0) is 17.0. The molecule has 2 rings (SSSR count). The lowest BCUT2D eigenvalue weighted by atomic mass is 10.1. The number of nitro groups is 1. The van der Waals surface area contributed by atoms with Crippen LogP contribution < -0.4 is 4.83 Å². The Kier molecular flexibility index (Phi) is 4.60. The highest BCUT2D eigenvalue weighted by molar-refractivity contribution is 7.89. The zero-order valence-corrected chi connectivity index (χ0v) is 12.8. The van der Waals surface area contributed by atoms with Gasteiger partial charge in [-0.05, 0) is 31.2 Å². The van der Waals surface area contributed by atoms with Crippen molar-refractivity contribution in [1.82, 2.24) is 4.83 Å². The number of nitrogens with one attached hydrogen (secondary N) is 1. The molecule has 0 aliphatic heterocycles. The Morgan fingerprint density at radius 3 is 2.35 bits per heavy atom. The number of rotatable bonds is 5. The van der Waals surface area contributed by atoms with Crippen molar-refractivity contribution in [2.45, 2.75) is 11.8 Å². The number of para-hydroxylation sites is 1. The van der Waals surface area contributed by atoms with E-state index in [0.717, 1.165) is 24.3 Å². The summed E-state index contributed by atoms with van der Waals surface area (Å²) in [6.07, 6.45) is 0. The van der Waals surface area contributed by atoms with E-state index in [4.69, 9.17) is 0 Å². The molecule has 23 heavy (non-hydrogen) atoms. The number of benzene rings is 2. The highest BCUT2D eigenvalue weighted by Crippen LogP contribution is 2.18. The van der Waals surface area contributed by atoms with Gasteiger partial charge in [-0.2, -0.15) is 18.4 Å². The fourth-order valence-electron chi connectivity index (χ4n) is 1.77. The Balaban J connectivity index is 2.23. The van der Waals surface area contributed by atoms with Crippen LogP contribution in [0.2, 0.25) is 0 Å². The number of non-ortho nitro benzene ring substituents is 1. The molecule has 0 fully saturated rings. The van der Waals surface area contributed by atoms with Crippen LogP contribution in [0.25, 0.3) is 0 Å². The minimum atomic E-state index is -3.96. The monoisotopic (exact) mass is 335 g/mol. The van der Waals surface area contributed by atoms with Gasteiger partial charge in [-0.3, -0.25) is 10.1 Å². The molecule has 0 atom stereocenters. The van der Waals surface area contributed by atoms with Crippen LogP contribution in [0.1, 0.15) is 12.5 Å². The molecule has 0 saturated heterocycles. The number of phenols is 1. The molecule has 120 valence electrons. The lowest BCUT2D eigenvalue weighted by Gasteiger charge is -2.06. The van der Waals surface area contributed by atoms with Gasteiger partial charge >= 0.3 is 0 Å².